The molecule has 0 amide bonds. The summed E-state index contributed by atoms with van der Waals surface area (Å²) in [5.74, 6) is -0.785. The van der Waals surface area contributed by atoms with Gasteiger partial charge in [-0.05, 0) is 75.0 Å². The fourth-order valence-electron chi connectivity index (χ4n) is 5.08. The number of hydrogen-bond donors (Lipinski definition) is 0. The first kappa shape index (κ1) is 25.1. The van der Waals surface area contributed by atoms with Crippen molar-refractivity contribution in [1.82, 2.24) is 14.9 Å². The molecule has 1 atom stereocenters. The van der Waals surface area contributed by atoms with Gasteiger partial charge in [0.15, 0.2) is 17.4 Å². The van der Waals surface area contributed by atoms with Gasteiger partial charge in [0.1, 0.15) is 11.5 Å². The molecule has 1 saturated heterocycles. The third kappa shape index (κ3) is 6.23. The third-order valence-corrected chi connectivity index (χ3v) is 7.13. The summed E-state index contributed by atoms with van der Waals surface area (Å²) in [6, 6.07) is 15.8. The quantitative estimate of drug-likeness (QED) is 0.281. The predicted molar refractivity (Wildman–Crippen MR) is 141 cm³/mol. The van der Waals surface area contributed by atoms with E-state index in [9.17, 15) is 14.0 Å². The van der Waals surface area contributed by atoms with Crippen LogP contribution >= 0.6 is 0 Å². The summed E-state index contributed by atoms with van der Waals surface area (Å²) in [5.41, 5.74) is 2.91. The lowest BCUT2D eigenvalue weighted by atomic mass is 9.86. The number of ketones is 2. The highest BCUT2D eigenvalue weighted by atomic mass is 19.1. The molecule has 0 N–H and O–H groups in total. The summed E-state index contributed by atoms with van der Waals surface area (Å²) in [5, 5.41) is 0. The highest BCUT2D eigenvalue weighted by molar-refractivity contribution is 6.43. The zero-order valence-corrected chi connectivity index (χ0v) is 20.9. The normalized spacial score (nSPS) is 17.5. The van der Waals surface area contributed by atoms with E-state index in [-0.39, 0.29) is 23.1 Å². The van der Waals surface area contributed by atoms with Gasteiger partial charge in [0.25, 0.3) is 0 Å². The number of unbranched alkanes of at least 4 members (excludes halogenated alkanes) is 1. The van der Waals surface area contributed by atoms with E-state index in [0.717, 1.165) is 43.6 Å². The van der Waals surface area contributed by atoms with Gasteiger partial charge < -0.3 is 4.90 Å². The average Bonchev–Trinajstić information content (AvgIpc) is 3.44. The minimum absolute atomic E-state index is 0.0660. The van der Waals surface area contributed by atoms with Crippen LogP contribution in [0.25, 0.3) is 0 Å². The van der Waals surface area contributed by atoms with Crippen molar-refractivity contribution in [2.24, 2.45) is 4.99 Å². The highest BCUT2D eigenvalue weighted by Gasteiger charge is 2.34. The maximum Gasteiger partial charge on any atom is 0.186 e. The van der Waals surface area contributed by atoms with Crippen LogP contribution in [0.3, 0.4) is 0 Å². The number of nitrogens with zero attached hydrogens (tertiary/aromatic N) is 4. The van der Waals surface area contributed by atoms with Crippen LogP contribution in [0.1, 0.15) is 65.3 Å². The maximum absolute atomic E-state index is 13.6. The first-order valence-electron chi connectivity index (χ1n) is 13.1. The molecule has 0 saturated carbocycles. The lowest BCUT2D eigenvalue weighted by Gasteiger charge is -2.23. The molecule has 1 aromatic heterocycles. The molecule has 0 aliphatic carbocycles. The van der Waals surface area contributed by atoms with Gasteiger partial charge >= 0.3 is 0 Å². The van der Waals surface area contributed by atoms with Crippen LogP contribution in [0, 0.1) is 5.82 Å². The van der Waals surface area contributed by atoms with Crippen molar-refractivity contribution in [1.29, 1.82) is 0 Å². The van der Waals surface area contributed by atoms with Gasteiger partial charge in [0.2, 0.25) is 0 Å². The van der Waals surface area contributed by atoms with Crippen LogP contribution in [0.15, 0.2) is 65.8 Å². The van der Waals surface area contributed by atoms with Gasteiger partial charge in [-0.1, -0.05) is 42.5 Å². The molecule has 5 rings (SSSR count). The summed E-state index contributed by atoms with van der Waals surface area (Å²) < 4.78 is 13.5. The smallest absolute Gasteiger partial charge is 0.186 e. The van der Waals surface area contributed by atoms with Crippen molar-refractivity contribution in [2.75, 3.05) is 19.6 Å². The largest absolute Gasteiger partial charge is 0.303 e. The number of hydrogen-bond acceptors (Lipinski definition) is 6. The molecule has 37 heavy (non-hydrogen) atoms. The number of Topliss-reactive ketones (excluding diaryl/α,β-unsaturated/α-hetero) is 2. The van der Waals surface area contributed by atoms with Crippen LogP contribution in [0.5, 0.6) is 0 Å². The number of aliphatic imine (C=N–C) groups is 1. The van der Waals surface area contributed by atoms with Gasteiger partial charge in [0.05, 0.1) is 23.5 Å². The summed E-state index contributed by atoms with van der Waals surface area (Å²) in [6.07, 6.45) is 6.90. The average molecular weight is 499 g/mol. The fourth-order valence-corrected chi connectivity index (χ4v) is 5.08. The van der Waals surface area contributed by atoms with Crippen molar-refractivity contribution in [3.05, 3.63) is 89.1 Å². The van der Waals surface area contributed by atoms with E-state index in [1.165, 1.54) is 31.2 Å². The number of rotatable bonds is 10. The van der Waals surface area contributed by atoms with E-state index < -0.39 is 5.92 Å². The molecule has 0 radical (unpaired) electrons. The van der Waals surface area contributed by atoms with Gasteiger partial charge in [-0.2, -0.15) is 0 Å². The molecule has 2 aromatic carbocycles. The molecule has 0 spiro atoms. The number of likely N-dealkylation sites (tertiary alicyclic amines) is 1. The molecule has 1 unspecified atom stereocenters. The topological polar surface area (TPSA) is 75.5 Å². The second-order valence-corrected chi connectivity index (χ2v) is 9.86. The molecule has 3 aromatic rings. The number of aromatic nitrogens is 2. The first-order valence-corrected chi connectivity index (χ1v) is 13.1. The van der Waals surface area contributed by atoms with E-state index >= 15 is 0 Å². The Hall–Kier alpha value is -3.58. The van der Waals surface area contributed by atoms with E-state index in [2.05, 4.69) is 19.9 Å². The lowest BCUT2D eigenvalue weighted by Crippen LogP contribution is -2.30. The molecule has 190 valence electrons. The highest BCUT2D eigenvalue weighted by Crippen LogP contribution is 2.33. The van der Waals surface area contributed by atoms with E-state index in [0.29, 0.717) is 36.5 Å². The molecule has 7 heteroatoms. The predicted octanol–water partition coefficient (Wildman–Crippen LogP) is 5.29. The SMILES string of the molecule is O=C(CCCCN1CCCC1)c1cnc2c(n1)C(Cc1ccc(F)cc1)C(=O)C(Cc1ccccc1)=N2. The molecule has 2 aliphatic rings. The lowest BCUT2D eigenvalue weighted by molar-refractivity contribution is -0.114. The van der Waals surface area contributed by atoms with Gasteiger partial charge in [0, 0.05) is 12.8 Å². The molecule has 0 bridgehead atoms. The van der Waals surface area contributed by atoms with Crippen LogP contribution < -0.4 is 0 Å². The van der Waals surface area contributed by atoms with Crippen molar-refractivity contribution < 1.29 is 14.0 Å². The number of benzene rings is 2. The molecule has 3 heterocycles. The van der Waals surface area contributed by atoms with Crippen LogP contribution in [0.2, 0.25) is 0 Å². The number of carbonyl (C=O) groups is 2. The Labute approximate surface area is 216 Å². The number of carbonyl (C=O) groups excluding carboxylic acids is 2. The van der Waals surface area contributed by atoms with Crippen LogP contribution in [-0.2, 0) is 17.6 Å². The van der Waals surface area contributed by atoms with Gasteiger partial charge in [-0.25, -0.2) is 19.4 Å². The first-order chi connectivity index (χ1) is 18.1. The standard InChI is InChI=1S/C30H31FN4O2/c31-23-13-11-22(12-14-23)18-24-28-30(34-25(29(24)37)19-21-8-2-1-3-9-21)32-20-26(33-28)27(36)10-4-5-15-35-16-6-7-17-35/h1-3,8-9,11-14,20,24H,4-7,10,15-19H2. The Kier molecular flexibility index (Phi) is 7.90. The molecular formula is C30H31FN4O2. The molecule has 2 aliphatic heterocycles. The Balaban J connectivity index is 1.36. The summed E-state index contributed by atoms with van der Waals surface area (Å²) in [4.78, 5) is 42.7. The number of halogens is 1. The van der Waals surface area contributed by atoms with E-state index in [4.69, 9.17) is 0 Å². The van der Waals surface area contributed by atoms with Crippen molar-refractivity contribution in [3.8, 4) is 0 Å². The van der Waals surface area contributed by atoms with Crippen molar-refractivity contribution in [2.45, 2.75) is 50.9 Å². The Morgan fingerprint density at radius 1 is 0.973 bits per heavy atom. The molecule has 1 fully saturated rings. The third-order valence-electron chi connectivity index (χ3n) is 7.13. The van der Waals surface area contributed by atoms with Crippen LogP contribution in [-0.4, -0.2) is 51.8 Å². The Bertz CT molecular complexity index is 1280. The minimum Gasteiger partial charge on any atom is -0.303 e. The Morgan fingerprint density at radius 2 is 1.73 bits per heavy atom. The summed E-state index contributed by atoms with van der Waals surface area (Å²) in [6.45, 7) is 3.33. The van der Waals surface area contributed by atoms with E-state index in [1.807, 2.05) is 30.3 Å². The second kappa shape index (κ2) is 11.6. The van der Waals surface area contributed by atoms with Gasteiger partial charge in [-0.3, -0.25) is 9.59 Å². The fraction of sp³-hybridized carbons (Fsp3) is 0.367. The zero-order chi connectivity index (χ0) is 25.6. The molecule has 6 nitrogen and oxygen atoms in total. The van der Waals surface area contributed by atoms with E-state index in [1.54, 1.807) is 12.1 Å². The van der Waals surface area contributed by atoms with Crippen molar-refractivity contribution in [3.63, 3.8) is 0 Å². The summed E-state index contributed by atoms with van der Waals surface area (Å²) >= 11 is 0. The van der Waals surface area contributed by atoms with Crippen molar-refractivity contribution >= 4 is 23.1 Å². The van der Waals surface area contributed by atoms with Gasteiger partial charge in [-0.15, -0.1) is 0 Å². The zero-order valence-electron chi connectivity index (χ0n) is 20.9. The summed E-state index contributed by atoms with van der Waals surface area (Å²) in [7, 11) is 0. The Morgan fingerprint density at radius 3 is 2.49 bits per heavy atom. The number of fused-ring (bicyclic) bond motifs is 1. The maximum atomic E-state index is 13.6. The van der Waals surface area contributed by atoms with Crippen LogP contribution in [0.4, 0.5) is 10.2 Å². The second-order valence-electron chi connectivity index (χ2n) is 9.86. The minimum atomic E-state index is -0.632. The monoisotopic (exact) mass is 498 g/mol. The molecular weight excluding hydrogens is 467 g/mol.